The molecule has 5 rings (SSSR count). The highest BCUT2D eigenvalue weighted by atomic mass is 35.5. The molecule has 1 aromatic carbocycles. The van der Waals surface area contributed by atoms with Crippen LogP contribution in [0, 0.1) is 0 Å². The lowest BCUT2D eigenvalue weighted by Crippen LogP contribution is -2.31. The minimum Gasteiger partial charge on any atom is -0.497 e. The lowest BCUT2D eigenvalue weighted by atomic mass is 9.98. The predicted molar refractivity (Wildman–Crippen MR) is 124 cm³/mol. The number of fused-ring (bicyclic) bond motifs is 2. The van der Waals surface area contributed by atoms with Crippen molar-refractivity contribution in [3.63, 3.8) is 0 Å². The van der Waals surface area contributed by atoms with Crippen LogP contribution in [0.1, 0.15) is 24.0 Å². The van der Waals surface area contributed by atoms with Crippen LogP contribution in [0.5, 0.6) is 5.75 Å². The van der Waals surface area contributed by atoms with Crippen LogP contribution in [0.2, 0.25) is 10.2 Å². The van der Waals surface area contributed by atoms with Crippen molar-refractivity contribution in [1.82, 2.24) is 24.4 Å². The normalized spacial score (nSPS) is 14.2. The van der Waals surface area contributed by atoms with Crippen LogP contribution in [0.25, 0.3) is 22.3 Å². The van der Waals surface area contributed by atoms with Gasteiger partial charge in [-0.15, -0.1) is 0 Å². The van der Waals surface area contributed by atoms with Crippen LogP contribution in [-0.2, 0) is 26.1 Å². The smallest absolute Gasteiger partial charge is 0.179 e. The first kappa shape index (κ1) is 20.4. The molecule has 0 atom stereocenters. The summed E-state index contributed by atoms with van der Waals surface area (Å²) in [7, 11) is 1.65. The van der Waals surface area contributed by atoms with Gasteiger partial charge >= 0.3 is 0 Å². The fourth-order valence-corrected chi connectivity index (χ4v) is 4.79. The first-order chi connectivity index (χ1) is 15.1. The monoisotopic (exact) mass is 455 g/mol. The summed E-state index contributed by atoms with van der Waals surface area (Å²) in [6, 6.07) is 9.58. The highest BCUT2D eigenvalue weighted by molar-refractivity contribution is 6.33. The van der Waals surface area contributed by atoms with E-state index in [0.29, 0.717) is 15.8 Å². The minimum absolute atomic E-state index is 0.454. The van der Waals surface area contributed by atoms with Crippen molar-refractivity contribution in [1.29, 1.82) is 0 Å². The van der Waals surface area contributed by atoms with Crippen molar-refractivity contribution in [3.8, 4) is 16.9 Å². The van der Waals surface area contributed by atoms with Gasteiger partial charge in [-0.25, -0.2) is 9.97 Å². The van der Waals surface area contributed by atoms with E-state index in [1.54, 1.807) is 13.2 Å². The Morgan fingerprint density at radius 2 is 2.00 bits per heavy atom. The van der Waals surface area contributed by atoms with Gasteiger partial charge in [0.2, 0.25) is 0 Å². The number of imidazole rings is 1. The zero-order valence-electron chi connectivity index (χ0n) is 17.5. The number of aryl methyl sites for hydroxylation is 1. The number of rotatable bonds is 5. The van der Waals surface area contributed by atoms with Gasteiger partial charge in [0, 0.05) is 49.1 Å². The molecule has 1 N–H and O–H groups in total. The molecule has 4 heterocycles. The molecule has 6 nitrogen and oxygen atoms in total. The van der Waals surface area contributed by atoms with E-state index in [0.717, 1.165) is 55.3 Å². The molecular formula is C23H23Cl2N5O. The summed E-state index contributed by atoms with van der Waals surface area (Å²) in [5.74, 6) is 1.66. The van der Waals surface area contributed by atoms with Crippen LogP contribution in [0.3, 0.4) is 0 Å². The van der Waals surface area contributed by atoms with E-state index in [2.05, 4.69) is 37.5 Å². The molecule has 0 spiro atoms. The number of benzene rings is 1. The van der Waals surface area contributed by atoms with Crippen LogP contribution < -0.4 is 4.74 Å². The van der Waals surface area contributed by atoms with Crippen LogP contribution >= 0.6 is 23.2 Å². The second-order valence-electron chi connectivity index (χ2n) is 7.75. The number of hydrogen-bond donors (Lipinski definition) is 1. The quantitative estimate of drug-likeness (QED) is 0.413. The van der Waals surface area contributed by atoms with E-state index in [4.69, 9.17) is 27.9 Å². The second-order valence-corrected chi connectivity index (χ2v) is 8.54. The molecule has 0 saturated carbocycles. The van der Waals surface area contributed by atoms with Crippen molar-refractivity contribution in [2.24, 2.45) is 0 Å². The van der Waals surface area contributed by atoms with Crippen molar-refractivity contribution >= 4 is 34.4 Å². The molecule has 1 aliphatic rings. The summed E-state index contributed by atoms with van der Waals surface area (Å²) in [6.45, 7) is 5.65. The Balaban J connectivity index is 1.46. The molecule has 160 valence electrons. The van der Waals surface area contributed by atoms with Gasteiger partial charge < -0.3 is 14.3 Å². The minimum atomic E-state index is 0.454. The van der Waals surface area contributed by atoms with Crippen LogP contribution in [0.4, 0.5) is 0 Å². The molecule has 1 aliphatic heterocycles. The standard InChI is InChI=1S/C23H23Cl2N5O/c1-3-30-12-16(15-5-4-14(31-2)10-18(15)24)17-11-29(9-8-20(17)30)13-22-26-19-6-7-21(25)27-23(19)28-22/h4-7,10,12H,3,8-9,11,13H2,1-2H3,(H,26,27,28). The van der Waals surface area contributed by atoms with Gasteiger partial charge in [-0.1, -0.05) is 23.2 Å². The Morgan fingerprint density at radius 1 is 1.13 bits per heavy atom. The topological polar surface area (TPSA) is 59.0 Å². The van der Waals surface area contributed by atoms with Crippen molar-refractivity contribution < 1.29 is 4.74 Å². The Kier molecular flexibility index (Phi) is 5.38. The number of aromatic amines is 1. The molecule has 8 heteroatoms. The maximum Gasteiger partial charge on any atom is 0.179 e. The summed E-state index contributed by atoms with van der Waals surface area (Å²) in [5.41, 5.74) is 6.50. The van der Waals surface area contributed by atoms with Crippen molar-refractivity contribution in [2.45, 2.75) is 33.0 Å². The largest absolute Gasteiger partial charge is 0.497 e. The van der Waals surface area contributed by atoms with Crippen molar-refractivity contribution in [3.05, 3.63) is 63.8 Å². The first-order valence-electron chi connectivity index (χ1n) is 10.3. The molecule has 0 unspecified atom stereocenters. The average molecular weight is 456 g/mol. The fraction of sp³-hybridized carbons (Fsp3) is 0.304. The zero-order chi connectivity index (χ0) is 21.5. The highest BCUT2D eigenvalue weighted by Gasteiger charge is 2.25. The number of aromatic nitrogens is 4. The third kappa shape index (κ3) is 3.80. The van der Waals surface area contributed by atoms with Gasteiger partial charge in [0.05, 0.1) is 24.2 Å². The fourth-order valence-electron chi connectivity index (χ4n) is 4.37. The Bertz CT molecular complexity index is 1260. The lowest BCUT2D eigenvalue weighted by Gasteiger charge is -2.28. The summed E-state index contributed by atoms with van der Waals surface area (Å²) < 4.78 is 7.66. The number of halogens is 2. The number of hydrogen-bond acceptors (Lipinski definition) is 4. The van der Waals surface area contributed by atoms with Gasteiger partial charge in [0.1, 0.15) is 16.7 Å². The number of methoxy groups -OCH3 is 1. The maximum atomic E-state index is 6.63. The van der Waals surface area contributed by atoms with E-state index in [1.807, 2.05) is 24.3 Å². The SMILES string of the molecule is CCn1cc(-c2ccc(OC)cc2Cl)c2c1CCN(Cc1nc3nc(Cl)ccc3[nH]1)C2. The number of nitrogens with zero attached hydrogens (tertiary/aromatic N) is 4. The Morgan fingerprint density at radius 3 is 2.77 bits per heavy atom. The predicted octanol–water partition coefficient (Wildman–Crippen LogP) is 5.32. The molecular weight excluding hydrogens is 433 g/mol. The van der Waals surface area contributed by atoms with E-state index < -0.39 is 0 Å². The van der Waals surface area contributed by atoms with E-state index in [9.17, 15) is 0 Å². The number of nitrogens with one attached hydrogen (secondary N) is 1. The van der Waals surface area contributed by atoms with Gasteiger partial charge in [-0.3, -0.25) is 4.90 Å². The molecule has 0 bridgehead atoms. The Hall–Kier alpha value is -2.54. The van der Waals surface area contributed by atoms with E-state index in [1.165, 1.54) is 16.8 Å². The van der Waals surface area contributed by atoms with Gasteiger partial charge in [-0.2, -0.15) is 0 Å². The first-order valence-corrected chi connectivity index (χ1v) is 11.1. The average Bonchev–Trinajstić information content (AvgIpc) is 3.33. The van der Waals surface area contributed by atoms with E-state index in [-0.39, 0.29) is 0 Å². The molecule has 31 heavy (non-hydrogen) atoms. The summed E-state index contributed by atoms with van der Waals surface area (Å²) in [5, 5.41) is 1.16. The molecule has 0 radical (unpaired) electrons. The number of pyridine rings is 1. The summed E-state index contributed by atoms with van der Waals surface area (Å²) in [4.78, 5) is 14.7. The zero-order valence-corrected chi connectivity index (χ0v) is 19.0. The van der Waals surface area contributed by atoms with Crippen molar-refractivity contribution in [2.75, 3.05) is 13.7 Å². The maximum absolute atomic E-state index is 6.63. The van der Waals surface area contributed by atoms with Gasteiger partial charge in [-0.05, 0) is 42.8 Å². The van der Waals surface area contributed by atoms with Gasteiger partial charge in [0.15, 0.2) is 5.65 Å². The Labute approximate surface area is 190 Å². The number of ether oxygens (including phenoxy) is 1. The lowest BCUT2D eigenvalue weighted by molar-refractivity contribution is 0.238. The molecule has 0 fully saturated rings. The van der Waals surface area contributed by atoms with Crippen LogP contribution in [-0.4, -0.2) is 38.1 Å². The van der Waals surface area contributed by atoms with Crippen LogP contribution in [0.15, 0.2) is 36.5 Å². The second kappa shape index (κ2) is 8.19. The third-order valence-corrected chi connectivity index (χ3v) is 6.42. The molecule has 0 amide bonds. The summed E-state index contributed by atoms with van der Waals surface area (Å²) >= 11 is 12.6. The third-order valence-electron chi connectivity index (χ3n) is 5.89. The number of H-pyrrole nitrogens is 1. The summed E-state index contributed by atoms with van der Waals surface area (Å²) in [6.07, 6.45) is 3.22. The van der Waals surface area contributed by atoms with E-state index >= 15 is 0 Å². The molecule has 0 aliphatic carbocycles. The molecule has 0 saturated heterocycles. The van der Waals surface area contributed by atoms with Gasteiger partial charge in [0.25, 0.3) is 0 Å². The molecule has 4 aromatic rings. The molecule has 3 aromatic heterocycles. The highest BCUT2D eigenvalue weighted by Crippen LogP contribution is 2.38.